The van der Waals surface area contributed by atoms with Gasteiger partial charge in [0, 0.05) is 61.8 Å². The Hall–Kier alpha value is -4.02. The fraction of sp³-hybridized carbons (Fsp3) is 0.367. The summed E-state index contributed by atoms with van der Waals surface area (Å²) in [5.41, 5.74) is 3.69. The van der Waals surface area contributed by atoms with Gasteiger partial charge in [-0.2, -0.15) is 0 Å². The van der Waals surface area contributed by atoms with Crippen LogP contribution in [-0.2, 0) is 16.1 Å². The molecule has 3 heterocycles. The molecule has 3 N–H and O–H groups in total. The molecule has 3 aromatic rings. The number of hydrogen-bond donors (Lipinski definition) is 3. The number of anilines is 2. The quantitative estimate of drug-likeness (QED) is 0.339. The van der Waals surface area contributed by atoms with Gasteiger partial charge in [0.1, 0.15) is 11.6 Å². The number of aryl methyl sites for hydroxylation is 1. The molecule has 1 amide bonds. The molecular weight excluding hydrogens is 513 g/mol. The number of aromatic nitrogens is 2. The number of likely N-dealkylation sites (tertiary alicyclic amines) is 1. The van der Waals surface area contributed by atoms with Crippen LogP contribution in [0.25, 0.3) is 11.1 Å². The first-order valence-corrected chi connectivity index (χ1v) is 13.5. The number of rotatable bonds is 9. The van der Waals surface area contributed by atoms with Gasteiger partial charge in [-0.3, -0.25) is 4.79 Å². The van der Waals surface area contributed by atoms with E-state index in [4.69, 9.17) is 4.74 Å². The van der Waals surface area contributed by atoms with Crippen LogP contribution in [-0.4, -0.2) is 70.8 Å². The number of imidazole rings is 1. The van der Waals surface area contributed by atoms with E-state index in [1.807, 2.05) is 25.1 Å². The highest BCUT2D eigenvalue weighted by atomic mass is 19.1. The zero-order valence-corrected chi connectivity index (χ0v) is 23.0. The maximum absolute atomic E-state index is 14.5. The molecule has 1 saturated heterocycles. The van der Waals surface area contributed by atoms with Crippen LogP contribution in [0, 0.1) is 12.7 Å². The zero-order valence-electron chi connectivity index (χ0n) is 23.0. The van der Waals surface area contributed by atoms with Crippen molar-refractivity contribution in [3.8, 4) is 0 Å². The Balaban J connectivity index is 1.58. The zero-order chi connectivity index (χ0) is 28.4. The van der Waals surface area contributed by atoms with Crippen molar-refractivity contribution in [1.29, 1.82) is 0 Å². The molecule has 2 aliphatic heterocycles. The van der Waals surface area contributed by atoms with Crippen LogP contribution < -0.4 is 10.6 Å². The SMILES string of the molecule is CCn1c(C(=C2C(=O)Nc3ccc(NC4CCN(CCOC)CC4)cc32)c2cccc(F)c2)nc(C)c1C(=O)O. The number of benzene rings is 2. The Morgan fingerprint density at radius 1 is 1.23 bits per heavy atom. The number of ether oxygens (including phenoxy) is 1. The Morgan fingerprint density at radius 3 is 2.67 bits per heavy atom. The number of carboxylic acid groups (broad SMARTS) is 1. The molecule has 9 nitrogen and oxygen atoms in total. The van der Waals surface area contributed by atoms with Crippen molar-refractivity contribution in [2.45, 2.75) is 39.3 Å². The fourth-order valence-corrected chi connectivity index (χ4v) is 5.63. The summed E-state index contributed by atoms with van der Waals surface area (Å²) in [6, 6.07) is 12.0. The molecule has 40 heavy (non-hydrogen) atoms. The first kappa shape index (κ1) is 27.5. The largest absolute Gasteiger partial charge is 0.477 e. The van der Waals surface area contributed by atoms with Gasteiger partial charge in [-0.15, -0.1) is 0 Å². The standard InChI is InChI=1S/C30H34FN5O4/c1-4-36-27(30(38)39)18(2)32-28(36)25(19-6-5-7-20(31)16-19)26-23-17-22(8-9-24(23)34-29(26)37)33-21-10-12-35(13-11-21)14-15-40-3/h5-9,16-17,21,33H,4,10-15H2,1-3H3,(H,34,37)(H,38,39). The second-order valence-corrected chi connectivity index (χ2v) is 10.1. The van der Waals surface area contributed by atoms with Gasteiger partial charge in [0.25, 0.3) is 5.91 Å². The molecule has 2 aromatic carbocycles. The third kappa shape index (κ3) is 5.37. The highest BCUT2D eigenvalue weighted by Crippen LogP contribution is 2.41. The molecule has 1 fully saturated rings. The van der Waals surface area contributed by atoms with E-state index in [1.165, 1.54) is 12.1 Å². The van der Waals surface area contributed by atoms with Crippen molar-refractivity contribution in [2.24, 2.45) is 0 Å². The summed E-state index contributed by atoms with van der Waals surface area (Å²) in [6.07, 6.45) is 1.97. The Morgan fingerprint density at radius 2 is 2.00 bits per heavy atom. The number of nitrogens with one attached hydrogen (secondary N) is 2. The molecule has 0 atom stereocenters. The van der Waals surface area contributed by atoms with Gasteiger partial charge in [0.2, 0.25) is 0 Å². The topological polar surface area (TPSA) is 109 Å². The third-order valence-electron chi connectivity index (χ3n) is 7.58. The van der Waals surface area contributed by atoms with Crippen molar-refractivity contribution in [1.82, 2.24) is 14.5 Å². The lowest BCUT2D eigenvalue weighted by Crippen LogP contribution is -2.40. The fourth-order valence-electron chi connectivity index (χ4n) is 5.63. The van der Waals surface area contributed by atoms with Gasteiger partial charge in [-0.05, 0) is 62.6 Å². The number of methoxy groups -OCH3 is 1. The van der Waals surface area contributed by atoms with E-state index in [9.17, 15) is 19.1 Å². The summed E-state index contributed by atoms with van der Waals surface area (Å²) < 4.78 is 21.2. The average Bonchev–Trinajstić information content (AvgIpc) is 3.44. The van der Waals surface area contributed by atoms with Gasteiger partial charge in [0.15, 0.2) is 5.69 Å². The van der Waals surface area contributed by atoms with Gasteiger partial charge in [-0.1, -0.05) is 12.1 Å². The summed E-state index contributed by atoms with van der Waals surface area (Å²) in [7, 11) is 1.71. The lowest BCUT2D eigenvalue weighted by molar-refractivity contribution is -0.110. The maximum atomic E-state index is 14.5. The first-order valence-electron chi connectivity index (χ1n) is 13.5. The monoisotopic (exact) mass is 547 g/mol. The molecule has 0 aliphatic carbocycles. The molecule has 0 radical (unpaired) electrons. The highest BCUT2D eigenvalue weighted by Gasteiger charge is 2.33. The van der Waals surface area contributed by atoms with Crippen LogP contribution in [0.5, 0.6) is 0 Å². The van der Waals surface area contributed by atoms with Crippen molar-refractivity contribution >= 4 is 34.4 Å². The van der Waals surface area contributed by atoms with Gasteiger partial charge >= 0.3 is 5.97 Å². The number of carbonyl (C=O) groups excluding carboxylic acids is 1. The minimum atomic E-state index is -1.11. The van der Waals surface area contributed by atoms with E-state index >= 15 is 0 Å². The van der Waals surface area contributed by atoms with Crippen LogP contribution in [0.1, 0.15) is 52.9 Å². The number of hydrogen-bond acceptors (Lipinski definition) is 6. The van der Waals surface area contributed by atoms with E-state index < -0.39 is 11.8 Å². The normalized spacial score (nSPS) is 17.1. The molecule has 1 aromatic heterocycles. The number of amides is 1. The number of fused-ring (bicyclic) bond motifs is 1. The van der Waals surface area contributed by atoms with Crippen molar-refractivity contribution < 1.29 is 23.8 Å². The van der Waals surface area contributed by atoms with Gasteiger partial charge in [0.05, 0.1) is 17.9 Å². The van der Waals surface area contributed by atoms with Crippen molar-refractivity contribution in [3.05, 3.63) is 76.6 Å². The number of halogens is 1. The van der Waals surface area contributed by atoms with E-state index in [1.54, 1.807) is 30.7 Å². The van der Waals surface area contributed by atoms with Crippen LogP contribution in [0.4, 0.5) is 15.8 Å². The second-order valence-electron chi connectivity index (χ2n) is 10.1. The van der Waals surface area contributed by atoms with Crippen LogP contribution in [0.3, 0.4) is 0 Å². The molecule has 5 rings (SSSR count). The smallest absolute Gasteiger partial charge is 0.354 e. The minimum Gasteiger partial charge on any atom is -0.477 e. The molecule has 0 bridgehead atoms. The summed E-state index contributed by atoms with van der Waals surface area (Å²) in [4.78, 5) is 32.6. The van der Waals surface area contributed by atoms with Crippen LogP contribution in [0.15, 0.2) is 42.5 Å². The molecule has 2 aliphatic rings. The van der Waals surface area contributed by atoms with E-state index in [2.05, 4.69) is 20.5 Å². The Kier molecular flexibility index (Phi) is 7.99. The van der Waals surface area contributed by atoms with Crippen LogP contribution >= 0.6 is 0 Å². The van der Waals surface area contributed by atoms with Crippen LogP contribution in [0.2, 0.25) is 0 Å². The van der Waals surface area contributed by atoms with E-state index in [-0.39, 0.29) is 17.6 Å². The lowest BCUT2D eigenvalue weighted by Gasteiger charge is -2.32. The van der Waals surface area contributed by atoms with E-state index in [0.717, 1.165) is 44.8 Å². The summed E-state index contributed by atoms with van der Waals surface area (Å²) >= 11 is 0. The summed E-state index contributed by atoms with van der Waals surface area (Å²) in [5, 5.41) is 16.4. The Bertz CT molecular complexity index is 1470. The molecule has 0 unspecified atom stereocenters. The predicted molar refractivity (Wildman–Crippen MR) is 152 cm³/mol. The summed E-state index contributed by atoms with van der Waals surface area (Å²) in [6.45, 7) is 7.34. The van der Waals surface area contributed by atoms with Gasteiger partial charge < -0.3 is 29.9 Å². The number of carboxylic acids is 1. The maximum Gasteiger partial charge on any atom is 0.354 e. The third-order valence-corrected chi connectivity index (χ3v) is 7.58. The number of carbonyl (C=O) groups is 2. The molecule has 210 valence electrons. The molecule has 0 spiro atoms. The number of aromatic carboxylic acids is 1. The number of piperidine rings is 1. The average molecular weight is 548 g/mol. The highest BCUT2D eigenvalue weighted by molar-refractivity contribution is 6.38. The predicted octanol–water partition coefficient (Wildman–Crippen LogP) is 4.48. The molecular formula is C30H34FN5O4. The second kappa shape index (κ2) is 11.6. The molecule has 0 saturated carbocycles. The number of nitrogens with zero attached hydrogens (tertiary/aromatic N) is 3. The summed E-state index contributed by atoms with van der Waals surface area (Å²) in [5.74, 6) is -1.62. The minimum absolute atomic E-state index is 0.0397. The Labute approximate surface area is 232 Å². The molecule has 10 heteroatoms. The van der Waals surface area contributed by atoms with Gasteiger partial charge in [-0.25, -0.2) is 14.2 Å². The van der Waals surface area contributed by atoms with E-state index in [0.29, 0.717) is 46.0 Å². The van der Waals surface area contributed by atoms with Crippen molar-refractivity contribution in [2.75, 3.05) is 44.0 Å². The van der Waals surface area contributed by atoms with Crippen molar-refractivity contribution in [3.63, 3.8) is 0 Å². The lowest BCUT2D eigenvalue weighted by atomic mass is 9.94. The first-order chi connectivity index (χ1) is 19.3.